The number of hydrogen-bond acceptors (Lipinski definition) is 1. The van der Waals surface area contributed by atoms with Gasteiger partial charge < -0.3 is 5.32 Å². The van der Waals surface area contributed by atoms with Crippen molar-refractivity contribution < 1.29 is 0 Å². The van der Waals surface area contributed by atoms with Gasteiger partial charge in [0.15, 0.2) is 0 Å². The molecule has 16 heavy (non-hydrogen) atoms. The van der Waals surface area contributed by atoms with Gasteiger partial charge in [-0.25, -0.2) is 0 Å². The SMILES string of the molecule is Cc1ccc(C)c(CC2(C)CCNCC2)c1. The molecule has 1 heteroatoms. The lowest BCUT2D eigenvalue weighted by molar-refractivity contribution is 0.228. The highest BCUT2D eigenvalue weighted by atomic mass is 14.9. The van der Waals surface area contributed by atoms with Crippen LogP contribution in [0.15, 0.2) is 18.2 Å². The molecule has 88 valence electrons. The Hall–Kier alpha value is -0.820. The van der Waals surface area contributed by atoms with Crippen LogP contribution in [-0.4, -0.2) is 13.1 Å². The van der Waals surface area contributed by atoms with Crippen molar-refractivity contribution in [3.8, 4) is 0 Å². The lowest BCUT2D eigenvalue weighted by atomic mass is 9.75. The molecule has 0 aliphatic carbocycles. The van der Waals surface area contributed by atoms with Crippen molar-refractivity contribution in [3.05, 3.63) is 34.9 Å². The fraction of sp³-hybridized carbons (Fsp3) is 0.600. The van der Waals surface area contributed by atoms with Gasteiger partial charge in [0.25, 0.3) is 0 Å². The van der Waals surface area contributed by atoms with Crippen LogP contribution in [-0.2, 0) is 6.42 Å². The van der Waals surface area contributed by atoms with Gasteiger partial charge in [-0.15, -0.1) is 0 Å². The smallest absolute Gasteiger partial charge is 0.00436 e. The summed E-state index contributed by atoms with van der Waals surface area (Å²) < 4.78 is 0. The van der Waals surface area contributed by atoms with Gasteiger partial charge in [0.2, 0.25) is 0 Å². The minimum Gasteiger partial charge on any atom is -0.317 e. The molecule has 0 atom stereocenters. The van der Waals surface area contributed by atoms with Crippen LogP contribution in [0.4, 0.5) is 0 Å². The largest absolute Gasteiger partial charge is 0.317 e. The second-order valence-electron chi connectivity index (χ2n) is 5.67. The fourth-order valence-electron chi connectivity index (χ4n) is 2.66. The summed E-state index contributed by atoms with van der Waals surface area (Å²) in [5, 5.41) is 3.45. The Bertz CT molecular complexity index is 362. The van der Waals surface area contributed by atoms with Gasteiger partial charge in [0.05, 0.1) is 0 Å². The van der Waals surface area contributed by atoms with Crippen LogP contribution in [0.1, 0.15) is 36.5 Å². The van der Waals surface area contributed by atoms with Crippen molar-refractivity contribution in [1.29, 1.82) is 0 Å². The van der Waals surface area contributed by atoms with E-state index in [-0.39, 0.29) is 0 Å². The Morgan fingerprint density at radius 2 is 1.88 bits per heavy atom. The monoisotopic (exact) mass is 217 g/mol. The fourth-order valence-corrected chi connectivity index (χ4v) is 2.66. The second-order valence-corrected chi connectivity index (χ2v) is 5.67. The normalized spacial score (nSPS) is 19.7. The maximum Gasteiger partial charge on any atom is -0.00436 e. The highest BCUT2D eigenvalue weighted by molar-refractivity contribution is 5.31. The first-order valence-corrected chi connectivity index (χ1v) is 6.36. The maximum atomic E-state index is 3.45. The van der Waals surface area contributed by atoms with E-state index < -0.39 is 0 Å². The molecule has 0 radical (unpaired) electrons. The van der Waals surface area contributed by atoms with Crippen LogP contribution < -0.4 is 5.32 Å². The van der Waals surface area contributed by atoms with Gasteiger partial charge in [0, 0.05) is 0 Å². The molecule has 1 saturated heterocycles. The molecule has 0 saturated carbocycles. The first kappa shape index (κ1) is 11.7. The van der Waals surface area contributed by atoms with Gasteiger partial charge in [-0.05, 0) is 62.7 Å². The third-order valence-corrected chi connectivity index (χ3v) is 3.93. The molecule has 1 aliphatic heterocycles. The van der Waals surface area contributed by atoms with Gasteiger partial charge in [-0.3, -0.25) is 0 Å². The molecule has 1 fully saturated rings. The van der Waals surface area contributed by atoms with E-state index >= 15 is 0 Å². The van der Waals surface area contributed by atoms with E-state index in [2.05, 4.69) is 44.3 Å². The lowest BCUT2D eigenvalue weighted by Crippen LogP contribution is -2.36. The summed E-state index contributed by atoms with van der Waals surface area (Å²) in [6, 6.07) is 6.83. The summed E-state index contributed by atoms with van der Waals surface area (Å²) in [6.45, 7) is 9.23. The molecule has 2 rings (SSSR count). The van der Waals surface area contributed by atoms with Crippen LogP contribution in [0.3, 0.4) is 0 Å². The average Bonchev–Trinajstić information content (AvgIpc) is 2.24. The molecule has 1 nitrogen and oxygen atoms in total. The van der Waals surface area contributed by atoms with Crippen LogP contribution in [0.2, 0.25) is 0 Å². The molecule has 0 unspecified atom stereocenters. The molecule has 1 aliphatic rings. The summed E-state index contributed by atoms with van der Waals surface area (Å²) >= 11 is 0. The Labute approximate surface area is 99.3 Å². The van der Waals surface area contributed by atoms with E-state index in [1.165, 1.54) is 43.5 Å². The van der Waals surface area contributed by atoms with Gasteiger partial charge in [-0.2, -0.15) is 0 Å². The highest BCUT2D eigenvalue weighted by Gasteiger charge is 2.27. The summed E-state index contributed by atoms with van der Waals surface area (Å²) in [5.74, 6) is 0. The molecule has 1 heterocycles. The van der Waals surface area contributed by atoms with E-state index in [4.69, 9.17) is 0 Å². The van der Waals surface area contributed by atoms with E-state index in [0.717, 1.165) is 0 Å². The highest BCUT2D eigenvalue weighted by Crippen LogP contribution is 2.33. The Morgan fingerprint density at radius 3 is 2.56 bits per heavy atom. The number of rotatable bonds is 2. The van der Waals surface area contributed by atoms with E-state index in [1.54, 1.807) is 5.56 Å². The summed E-state index contributed by atoms with van der Waals surface area (Å²) in [7, 11) is 0. The predicted octanol–water partition coefficient (Wildman–Crippen LogP) is 3.24. The number of aryl methyl sites for hydroxylation is 2. The van der Waals surface area contributed by atoms with E-state index in [1.807, 2.05) is 0 Å². The quantitative estimate of drug-likeness (QED) is 0.802. The van der Waals surface area contributed by atoms with Crippen LogP contribution in [0.25, 0.3) is 0 Å². The van der Waals surface area contributed by atoms with E-state index in [9.17, 15) is 0 Å². The zero-order valence-electron chi connectivity index (χ0n) is 10.8. The second kappa shape index (κ2) is 4.58. The predicted molar refractivity (Wildman–Crippen MR) is 69.8 cm³/mol. The maximum absolute atomic E-state index is 3.45. The number of benzene rings is 1. The summed E-state index contributed by atoms with van der Waals surface area (Å²) in [4.78, 5) is 0. The number of piperidine rings is 1. The Balaban J connectivity index is 2.15. The van der Waals surface area contributed by atoms with Crippen molar-refractivity contribution in [2.45, 2.75) is 40.0 Å². The van der Waals surface area contributed by atoms with Crippen molar-refractivity contribution in [3.63, 3.8) is 0 Å². The molecule has 0 bridgehead atoms. The molecule has 0 aromatic heterocycles. The van der Waals surface area contributed by atoms with Gasteiger partial charge in [-0.1, -0.05) is 30.7 Å². The van der Waals surface area contributed by atoms with E-state index in [0.29, 0.717) is 5.41 Å². The molecular weight excluding hydrogens is 194 g/mol. The van der Waals surface area contributed by atoms with Crippen molar-refractivity contribution in [1.82, 2.24) is 5.32 Å². The first-order valence-electron chi connectivity index (χ1n) is 6.36. The zero-order chi connectivity index (χ0) is 11.6. The average molecular weight is 217 g/mol. The topological polar surface area (TPSA) is 12.0 Å². The molecule has 0 amide bonds. The summed E-state index contributed by atoms with van der Waals surface area (Å²) in [6.07, 6.45) is 3.85. The molecule has 1 N–H and O–H groups in total. The first-order chi connectivity index (χ1) is 7.59. The molecular formula is C15H23N. The Morgan fingerprint density at radius 1 is 1.19 bits per heavy atom. The van der Waals surface area contributed by atoms with Crippen molar-refractivity contribution in [2.24, 2.45) is 5.41 Å². The Kier molecular flexibility index (Phi) is 3.34. The molecule has 1 aromatic carbocycles. The molecule has 0 spiro atoms. The van der Waals surface area contributed by atoms with Gasteiger partial charge >= 0.3 is 0 Å². The zero-order valence-corrected chi connectivity index (χ0v) is 10.8. The third kappa shape index (κ3) is 2.65. The molecule has 1 aromatic rings. The van der Waals surface area contributed by atoms with Crippen LogP contribution >= 0.6 is 0 Å². The van der Waals surface area contributed by atoms with Crippen molar-refractivity contribution in [2.75, 3.05) is 13.1 Å². The minimum absolute atomic E-state index is 0.504. The van der Waals surface area contributed by atoms with Crippen molar-refractivity contribution >= 4 is 0 Å². The number of hydrogen-bond donors (Lipinski definition) is 1. The van der Waals surface area contributed by atoms with Crippen LogP contribution in [0.5, 0.6) is 0 Å². The standard InChI is InChI=1S/C15H23N/c1-12-4-5-13(2)14(10-12)11-15(3)6-8-16-9-7-15/h4-5,10,16H,6-9,11H2,1-3H3. The number of nitrogens with one attached hydrogen (secondary N) is 1. The third-order valence-electron chi connectivity index (χ3n) is 3.93. The minimum atomic E-state index is 0.504. The lowest BCUT2D eigenvalue weighted by Gasteiger charge is -2.34. The summed E-state index contributed by atoms with van der Waals surface area (Å²) in [5.41, 5.74) is 4.89. The van der Waals surface area contributed by atoms with Gasteiger partial charge in [0.1, 0.15) is 0 Å². The van der Waals surface area contributed by atoms with Crippen LogP contribution in [0, 0.1) is 19.3 Å².